The number of likely N-dealkylation sites (N-methyl/N-ethyl adjacent to an activating group) is 1. The Morgan fingerprint density at radius 2 is 2.15 bits per heavy atom. The minimum absolute atomic E-state index is 0.0936. The van der Waals surface area contributed by atoms with Crippen molar-refractivity contribution in [2.24, 2.45) is 0 Å². The summed E-state index contributed by atoms with van der Waals surface area (Å²) in [6.45, 7) is 1.73. The van der Waals surface area contributed by atoms with E-state index in [4.69, 9.17) is 5.11 Å². The van der Waals surface area contributed by atoms with Crippen molar-refractivity contribution >= 4 is 17.7 Å². The van der Waals surface area contributed by atoms with Crippen molar-refractivity contribution in [2.45, 2.75) is 12.5 Å². The van der Waals surface area contributed by atoms with Gasteiger partial charge in [0.05, 0.1) is 0 Å². The monoisotopic (exact) mass is 279 g/mol. The van der Waals surface area contributed by atoms with Crippen LogP contribution in [-0.2, 0) is 0 Å². The quantitative estimate of drug-likeness (QED) is 0.616. The number of nitrogens with one attached hydrogen (secondary N) is 2. The third-order valence-corrected chi connectivity index (χ3v) is 3.21. The normalized spacial score (nSPS) is 18.8. The van der Waals surface area contributed by atoms with E-state index in [1.54, 1.807) is 0 Å². The molecular formula is C13H17N3O4. The second kappa shape index (κ2) is 5.79. The molecule has 0 bridgehead atoms. The first-order valence-electron chi connectivity index (χ1n) is 6.28. The highest BCUT2D eigenvalue weighted by Gasteiger charge is 2.21. The average molecular weight is 279 g/mol. The molecule has 0 saturated carbocycles. The third kappa shape index (κ3) is 3.39. The van der Waals surface area contributed by atoms with Crippen molar-refractivity contribution in [3.05, 3.63) is 23.8 Å². The summed E-state index contributed by atoms with van der Waals surface area (Å²) < 4.78 is 0. The van der Waals surface area contributed by atoms with Gasteiger partial charge in [-0.2, -0.15) is 0 Å². The van der Waals surface area contributed by atoms with E-state index in [0.717, 1.165) is 19.5 Å². The lowest BCUT2D eigenvalue weighted by atomic mass is 10.2. The summed E-state index contributed by atoms with van der Waals surface area (Å²) in [5.41, 5.74) is 0.0763. The molecule has 0 radical (unpaired) electrons. The fourth-order valence-electron chi connectivity index (χ4n) is 2.19. The van der Waals surface area contributed by atoms with Gasteiger partial charge in [-0.05, 0) is 38.2 Å². The van der Waals surface area contributed by atoms with Crippen LogP contribution in [-0.4, -0.2) is 53.3 Å². The zero-order valence-corrected chi connectivity index (χ0v) is 11.1. The molecule has 20 heavy (non-hydrogen) atoms. The predicted molar refractivity (Wildman–Crippen MR) is 73.1 cm³/mol. The molecule has 1 aromatic carbocycles. The van der Waals surface area contributed by atoms with Crippen LogP contribution < -0.4 is 10.6 Å². The van der Waals surface area contributed by atoms with Crippen molar-refractivity contribution in [2.75, 3.05) is 25.5 Å². The van der Waals surface area contributed by atoms with Crippen molar-refractivity contribution in [3.63, 3.8) is 0 Å². The summed E-state index contributed by atoms with van der Waals surface area (Å²) in [4.78, 5) is 24.8. The summed E-state index contributed by atoms with van der Waals surface area (Å²) in [5, 5.41) is 23.7. The number of carbonyl (C=O) groups is 2. The topological polar surface area (TPSA) is 102 Å². The number of carboxylic acid groups (broad SMARTS) is 1. The summed E-state index contributed by atoms with van der Waals surface area (Å²) >= 11 is 0. The number of urea groups is 1. The van der Waals surface area contributed by atoms with Crippen LogP contribution in [0.4, 0.5) is 10.5 Å². The van der Waals surface area contributed by atoms with Crippen molar-refractivity contribution < 1.29 is 19.8 Å². The molecule has 0 aliphatic carbocycles. The molecule has 4 N–H and O–H groups in total. The standard InChI is InChI=1S/C13H17N3O4/c1-16-5-4-9(7-16)15-13(20)14-8-2-3-11(17)10(6-8)12(18)19/h2-3,6,9,17H,4-5,7H2,1H3,(H,18,19)(H2,14,15,20). The van der Waals surface area contributed by atoms with Gasteiger partial charge in [0, 0.05) is 18.3 Å². The smallest absolute Gasteiger partial charge is 0.339 e. The number of aromatic carboxylic acids is 1. The molecule has 7 nitrogen and oxygen atoms in total. The average Bonchev–Trinajstić information content (AvgIpc) is 2.76. The number of nitrogens with zero attached hydrogens (tertiary/aromatic N) is 1. The molecule has 1 aliphatic rings. The molecule has 7 heteroatoms. The fourth-order valence-corrected chi connectivity index (χ4v) is 2.19. The minimum atomic E-state index is -1.25. The Morgan fingerprint density at radius 1 is 1.40 bits per heavy atom. The molecule has 1 saturated heterocycles. The fraction of sp³-hybridized carbons (Fsp3) is 0.385. The molecule has 0 aromatic heterocycles. The summed E-state index contributed by atoms with van der Waals surface area (Å²) in [6, 6.07) is 3.62. The van der Waals surface area contributed by atoms with Gasteiger partial charge < -0.3 is 25.7 Å². The van der Waals surface area contributed by atoms with E-state index in [1.165, 1.54) is 18.2 Å². The van der Waals surface area contributed by atoms with Crippen LogP contribution in [0, 0.1) is 0 Å². The first-order chi connectivity index (χ1) is 9.45. The van der Waals surface area contributed by atoms with Crippen LogP contribution in [0.25, 0.3) is 0 Å². The molecule has 1 fully saturated rings. The maximum atomic E-state index is 11.8. The Morgan fingerprint density at radius 3 is 2.75 bits per heavy atom. The number of hydrogen-bond donors (Lipinski definition) is 4. The second-order valence-electron chi connectivity index (χ2n) is 4.88. The van der Waals surface area contributed by atoms with E-state index in [2.05, 4.69) is 15.5 Å². The molecule has 1 heterocycles. The van der Waals surface area contributed by atoms with Gasteiger partial charge in [0.1, 0.15) is 11.3 Å². The minimum Gasteiger partial charge on any atom is -0.507 e. The lowest BCUT2D eigenvalue weighted by Crippen LogP contribution is -2.39. The molecule has 108 valence electrons. The lowest BCUT2D eigenvalue weighted by Gasteiger charge is -2.14. The van der Waals surface area contributed by atoms with Gasteiger partial charge in [0.2, 0.25) is 0 Å². The van der Waals surface area contributed by atoms with E-state index < -0.39 is 5.97 Å². The first kappa shape index (κ1) is 14.1. The largest absolute Gasteiger partial charge is 0.507 e. The lowest BCUT2D eigenvalue weighted by molar-refractivity contribution is 0.0693. The van der Waals surface area contributed by atoms with Gasteiger partial charge in [-0.1, -0.05) is 0 Å². The van der Waals surface area contributed by atoms with Gasteiger partial charge in [0.25, 0.3) is 0 Å². The molecule has 2 amide bonds. The van der Waals surface area contributed by atoms with E-state index in [1.807, 2.05) is 7.05 Å². The van der Waals surface area contributed by atoms with Gasteiger partial charge in [0.15, 0.2) is 0 Å². The highest BCUT2D eigenvalue weighted by Crippen LogP contribution is 2.21. The van der Waals surface area contributed by atoms with Crippen LogP contribution in [0.5, 0.6) is 5.75 Å². The van der Waals surface area contributed by atoms with E-state index in [9.17, 15) is 14.7 Å². The number of amides is 2. The van der Waals surface area contributed by atoms with Crippen molar-refractivity contribution in [1.82, 2.24) is 10.2 Å². The Hall–Kier alpha value is -2.28. The zero-order valence-electron chi connectivity index (χ0n) is 11.1. The van der Waals surface area contributed by atoms with Crippen molar-refractivity contribution in [1.29, 1.82) is 0 Å². The summed E-state index contributed by atoms with van der Waals surface area (Å²) in [5.74, 6) is -1.58. The summed E-state index contributed by atoms with van der Waals surface area (Å²) in [6.07, 6.45) is 0.889. The van der Waals surface area contributed by atoms with Crippen LogP contribution in [0.3, 0.4) is 0 Å². The number of rotatable bonds is 3. The van der Waals surface area contributed by atoms with Crippen LogP contribution >= 0.6 is 0 Å². The number of carbonyl (C=O) groups excluding carboxylic acids is 1. The van der Waals surface area contributed by atoms with E-state index in [0.29, 0.717) is 5.69 Å². The maximum absolute atomic E-state index is 11.8. The Balaban J connectivity index is 1.97. The van der Waals surface area contributed by atoms with Crippen LogP contribution in [0.15, 0.2) is 18.2 Å². The zero-order chi connectivity index (χ0) is 14.7. The predicted octanol–water partition coefficient (Wildman–Crippen LogP) is 0.916. The third-order valence-electron chi connectivity index (χ3n) is 3.21. The second-order valence-corrected chi connectivity index (χ2v) is 4.88. The van der Waals surface area contributed by atoms with Gasteiger partial charge in [-0.15, -0.1) is 0 Å². The number of phenols is 1. The van der Waals surface area contributed by atoms with Gasteiger partial charge in [-0.25, -0.2) is 9.59 Å². The number of hydrogen-bond acceptors (Lipinski definition) is 4. The SMILES string of the molecule is CN1CCC(NC(=O)Nc2ccc(O)c(C(=O)O)c2)C1. The van der Waals surface area contributed by atoms with Gasteiger partial charge >= 0.3 is 12.0 Å². The number of benzene rings is 1. The van der Waals surface area contributed by atoms with Crippen molar-refractivity contribution in [3.8, 4) is 5.75 Å². The highest BCUT2D eigenvalue weighted by molar-refractivity contribution is 5.95. The number of likely N-dealkylation sites (tertiary alicyclic amines) is 1. The van der Waals surface area contributed by atoms with Crippen LogP contribution in [0.1, 0.15) is 16.8 Å². The molecule has 1 aromatic rings. The molecule has 0 spiro atoms. The summed E-state index contributed by atoms with van der Waals surface area (Å²) in [7, 11) is 1.98. The maximum Gasteiger partial charge on any atom is 0.339 e. The number of carboxylic acids is 1. The molecule has 2 rings (SSSR count). The Labute approximate surface area is 116 Å². The highest BCUT2D eigenvalue weighted by atomic mass is 16.4. The molecule has 1 unspecified atom stereocenters. The Bertz CT molecular complexity index is 532. The van der Waals surface area contributed by atoms with E-state index >= 15 is 0 Å². The molecule has 1 aliphatic heterocycles. The van der Waals surface area contributed by atoms with Crippen LogP contribution in [0.2, 0.25) is 0 Å². The number of anilines is 1. The first-order valence-corrected chi connectivity index (χ1v) is 6.28. The molecule has 1 atom stereocenters. The van der Waals surface area contributed by atoms with Gasteiger partial charge in [-0.3, -0.25) is 0 Å². The molecular weight excluding hydrogens is 262 g/mol. The van der Waals surface area contributed by atoms with E-state index in [-0.39, 0.29) is 23.4 Å². The Kier molecular flexibility index (Phi) is 4.09. The number of aromatic hydroxyl groups is 1.